The molecular formula is C18H24N2O2. The molecule has 0 radical (unpaired) electrons. The van der Waals surface area contributed by atoms with Crippen molar-refractivity contribution in [2.24, 2.45) is 0 Å². The number of benzene rings is 1. The number of amides is 1. The van der Waals surface area contributed by atoms with Gasteiger partial charge in [0.15, 0.2) is 0 Å². The minimum Gasteiger partial charge on any atom is -0.396 e. The number of nitrogens with zero attached hydrogens (tertiary/aromatic N) is 1. The van der Waals surface area contributed by atoms with Gasteiger partial charge in [0.25, 0.3) is 0 Å². The second-order valence-corrected chi connectivity index (χ2v) is 6.15. The van der Waals surface area contributed by atoms with E-state index in [9.17, 15) is 4.79 Å². The van der Waals surface area contributed by atoms with Gasteiger partial charge in [0.2, 0.25) is 5.91 Å². The van der Waals surface area contributed by atoms with Crippen LogP contribution in [-0.4, -0.2) is 40.1 Å². The van der Waals surface area contributed by atoms with Gasteiger partial charge in [-0.05, 0) is 61.3 Å². The molecule has 22 heavy (non-hydrogen) atoms. The summed E-state index contributed by atoms with van der Waals surface area (Å²) in [4.78, 5) is 17.7. The highest BCUT2D eigenvalue weighted by Crippen LogP contribution is 2.23. The topological polar surface area (TPSA) is 56.3 Å². The Morgan fingerprint density at radius 2 is 2.27 bits per heavy atom. The van der Waals surface area contributed by atoms with E-state index in [2.05, 4.69) is 29.2 Å². The summed E-state index contributed by atoms with van der Waals surface area (Å²) in [6, 6.07) is 8.74. The van der Waals surface area contributed by atoms with Crippen molar-refractivity contribution in [3.8, 4) is 0 Å². The van der Waals surface area contributed by atoms with Crippen LogP contribution < -0.4 is 0 Å². The highest BCUT2D eigenvalue weighted by Gasteiger charge is 2.27. The average Bonchev–Trinajstić information content (AvgIpc) is 3.18. The summed E-state index contributed by atoms with van der Waals surface area (Å²) in [6.07, 6.45) is 7.21. The van der Waals surface area contributed by atoms with Gasteiger partial charge in [-0.1, -0.05) is 6.07 Å². The van der Waals surface area contributed by atoms with Crippen molar-refractivity contribution in [1.82, 2.24) is 9.88 Å². The van der Waals surface area contributed by atoms with Gasteiger partial charge in [0.05, 0.1) is 0 Å². The number of carbonyl (C=O) groups is 1. The summed E-state index contributed by atoms with van der Waals surface area (Å²) >= 11 is 0. The summed E-state index contributed by atoms with van der Waals surface area (Å²) < 4.78 is 0. The zero-order chi connectivity index (χ0) is 15.4. The van der Waals surface area contributed by atoms with Crippen LogP contribution in [0.25, 0.3) is 10.9 Å². The first-order chi connectivity index (χ1) is 10.8. The van der Waals surface area contributed by atoms with E-state index in [0.717, 1.165) is 44.2 Å². The number of aromatic nitrogens is 1. The minimum absolute atomic E-state index is 0.217. The molecule has 1 aliphatic heterocycles. The Hall–Kier alpha value is -1.81. The molecule has 1 aromatic carbocycles. The van der Waals surface area contributed by atoms with Crippen molar-refractivity contribution in [2.45, 2.75) is 44.6 Å². The maximum absolute atomic E-state index is 12.5. The molecule has 4 heteroatoms. The number of hydrogen-bond donors (Lipinski definition) is 2. The molecule has 1 aromatic heterocycles. The fourth-order valence-electron chi connectivity index (χ4n) is 3.44. The van der Waals surface area contributed by atoms with Gasteiger partial charge in [-0.2, -0.15) is 0 Å². The fraction of sp³-hybridized carbons (Fsp3) is 0.500. The largest absolute Gasteiger partial charge is 0.396 e. The summed E-state index contributed by atoms with van der Waals surface area (Å²) in [5.74, 6) is 0.259. The molecule has 0 spiro atoms. The Balaban J connectivity index is 1.56. The highest BCUT2D eigenvalue weighted by molar-refractivity contribution is 5.80. The number of H-pyrrole nitrogens is 1. The summed E-state index contributed by atoms with van der Waals surface area (Å²) in [5, 5.41) is 10.2. The number of likely N-dealkylation sites (tertiary alicyclic amines) is 1. The quantitative estimate of drug-likeness (QED) is 0.862. The number of fused-ring (bicyclic) bond motifs is 1. The van der Waals surface area contributed by atoms with Crippen LogP contribution in [0.3, 0.4) is 0 Å². The normalized spacial score (nSPS) is 18.2. The molecule has 1 atom stereocenters. The second kappa shape index (κ2) is 6.97. The predicted molar refractivity (Wildman–Crippen MR) is 87.7 cm³/mol. The molecule has 0 aliphatic carbocycles. The number of aromatic amines is 1. The van der Waals surface area contributed by atoms with Gasteiger partial charge >= 0.3 is 0 Å². The van der Waals surface area contributed by atoms with Crippen LogP contribution >= 0.6 is 0 Å². The van der Waals surface area contributed by atoms with Crippen molar-refractivity contribution < 1.29 is 9.90 Å². The maximum Gasteiger partial charge on any atom is 0.223 e. The van der Waals surface area contributed by atoms with Crippen LogP contribution in [0.5, 0.6) is 0 Å². The van der Waals surface area contributed by atoms with Gasteiger partial charge in [0, 0.05) is 37.3 Å². The van der Waals surface area contributed by atoms with Crippen LogP contribution in [-0.2, 0) is 11.2 Å². The van der Waals surface area contributed by atoms with Crippen LogP contribution in [0, 0.1) is 0 Å². The molecule has 1 saturated heterocycles. The Labute approximate surface area is 131 Å². The maximum atomic E-state index is 12.5. The third kappa shape index (κ3) is 3.33. The molecule has 118 valence electrons. The molecule has 1 unspecified atom stereocenters. The van der Waals surface area contributed by atoms with Crippen LogP contribution in [0.15, 0.2) is 30.5 Å². The van der Waals surface area contributed by atoms with E-state index in [1.807, 2.05) is 11.1 Å². The number of hydrogen-bond acceptors (Lipinski definition) is 2. The number of rotatable bonds is 6. The smallest absolute Gasteiger partial charge is 0.223 e. The van der Waals surface area contributed by atoms with Crippen molar-refractivity contribution in [3.63, 3.8) is 0 Å². The van der Waals surface area contributed by atoms with E-state index in [1.165, 1.54) is 10.9 Å². The van der Waals surface area contributed by atoms with Crippen molar-refractivity contribution in [1.29, 1.82) is 0 Å². The van der Waals surface area contributed by atoms with Gasteiger partial charge in [-0.25, -0.2) is 0 Å². The summed E-state index contributed by atoms with van der Waals surface area (Å²) in [7, 11) is 0. The molecule has 2 heterocycles. The number of aliphatic hydroxyl groups excluding tert-OH is 1. The number of carbonyl (C=O) groups excluding carboxylic acids is 1. The Kier molecular flexibility index (Phi) is 4.78. The number of aliphatic hydroxyl groups is 1. The van der Waals surface area contributed by atoms with E-state index in [-0.39, 0.29) is 12.5 Å². The van der Waals surface area contributed by atoms with E-state index in [4.69, 9.17) is 5.11 Å². The SMILES string of the molecule is O=C(CCc1ccc2[nH]ccc2c1)N1CCCC1CCCO. The third-order valence-electron chi connectivity index (χ3n) is 4.64. The molecule has 1 fully saturated rings. The van der Waals surface area contributed by atoms with E-state index < -0.39 is 0 Å². The Morgan fingerprint density at radius 3 is 3.14 bits per heavy atom. The Bertz CT molecular complexity index is 635. The lowest BCUT2D eigenvalue weighted by Gasteiger charge is -2.24. The molecule has 0 bridgehead atoms. The second-order valence-electron chi connectivity index (χ2n) is 6.15. The molecule has 2 aromatic rings. The molecule has 2 N–H and O–H groups in total. The lowest BCUT2D eigenvalue weighted by molar-refractivity contribution is -0.132. The van der Waals surface area contributed by atoms with Gasteiger partial charge < -0.3 is 15.0 Å². The summed E-state index contributed by atoms with van der Waals surface area (Å²) in [6.45, 7) is 1.10. The predicted octanol–water partition coefficient (Wildman–Crippen LogP) is 2.86. The van der Waals surface area contributed by atoms with E-state index >= 15 is 0 Å². The zero-order valence-corrected chi connectivity index (χ0v) is 12.9. The lowest BCUT2D eigenvalue weighted by Crippen LogP contribution is -2.35. The first-order valence-electron chi connectivity index (χ1n) is 8.24. The number of aryl methyl sites for hydroxylation is 1. The number of nitrogens with one attached hydrogen (secondary N) is 1. The van der Waals surface area contributed by atoms with Crippen molar-refractivity contribution in [2.75, 3.05) is 13.2 Å². The van der Waals surface area contributed by atoms with E-state index in [0.29, 0.717) is 12.5 Å². The molecule has 4 nitrogen and oxygen atoms in total. The Morgan fingerprint density at radius 1 is 1.36 bits per heavy atom. The van der Waals surface area contributed by atoms with Crippen molar-refractivity contribution >= 4 is 16.8 Å². The first kappa shape index (κ1) is 15.1. The van der Waals surface area contributed by atoms with Crippen LogP contribution in [0.1, 0.15) is 37.7 Å². The van der Waals surface area contributed by atoms with Crippen molar-refractivity contribution in [3.05, 3.63) is 36.0 Å². The van der Waals surface area contributed by atoms with Gasteiger partial charge in [-0.15, -0.1) is 0 Å². The standard InChI is InChI=1S/C18H24N2O2/c21-12-2-4-16-3-1-11-20(16)18(22)8-6-14-5-7-17-15(13-14)9-10-19-17/h5,7,9-10,13,16,19,21H,1-4,6,8,11-12H2. The summed E-state index contributed by atoms with van der Waals surface area (Å²) in [5.41, 5.74) is 2.35. The van der Waals surface area contributed by atoms with Gasteiger partial charge in [-0.3, -0.25) is 4.79 Å². The van der Waals surface area contributed by atoms with Gasteiger partial charge in [0.1, 0.15) is 0 Å². The monoisotopic (exact) mass is 300 g/mol. The average molecular weight is 300 g/mol. The molecule has 3 rings (SSSR count). The lowest BCUT2D eigenvalue weighted by atomic mass is 10.1. The molecular weight excluding hydrogens is 276 g/mol. The first-order valence-corrected chi connectivity index (χ1v) is 8.24. The zero-order valence-electron chi connectivity index (χ0n) is 12.9. The van der Waals surface area contributed by atoms with Crippen LogP contribution in [0.4, 0.5) is 0 Å². The highest BCUT2D eigenvalue weighted by atomic mass is 16.3. The molecule has 1 amide bonds. The van der Waals surface area contributed by atoms with E-state index in [1.54, 1.807) is 0 Å². The fourth-order valence-corrected chi connectivity index (χ4v) is 3.44. The third-order valence-corrected chi connectivity index (χ3v) is 4.64. The van der Waals surface area contributed by atoms with Crippen LogP contribution in [0.2, 0.25) is 0 Å². The minimum atomic E-state index is 0.217. The molecule has 1 aliphatic rings. The molecule has 0 saturated carbocycles.